The fourth-order valence-corrected chi connectivity index (χ4v) is 6.04. The molecule has 194 valence electrons. The van der Waals surface area contributed by atoms with E-state index in [9.17, 15) is 18.0 Å². The second-order valence-corrected chi connectivity index (χ2v) is 12.2. The van der Waals surface area contributed by atoms with Crippen molar-refractivity contribution in [3.05, 3.63) is 86.5 Å². The van der Waals surface area contributed by atoms with Crippen molar-refractivity contribution in [1.29, 1.82) is 0 Å². The Kier molecular flexibility index (Phi) is 9.04. The largest absolute Gasteiger partial charge is 0.356 e. The first-order chi connectivity index (χ1) is 17.7. The highest BCUT2D eigenvalue weighted by Gasteiger charge is 2.14. The van der Waals surface area contributed by atoms with Crippen LogP contribution in [0.4, 0.5) is 0 Å². The molecule has 0 unspecified atom stereocenters. The molecule has 0 aliphatic carbocycles. The molecule has 0 saturated carbocycles. The van der Waals surface area contributed by atoms with Gasteiger partial charge in [0.15, 0.2) is 5.16 Å². The second kappa shape index (κ2) is 12.2. The number of nitrogens with zero attached hydrogens (tertiary/aromatic N) is 2. The standard InChI is InChI=1S/C25H25ClN4O4S3/c26-19-7-3-18(4-8-19)16-36-25-29-21-12-15-35-23(21)24(32)30(25)14-1-2-22(31)28-13-11-17-5-9-20(10-6-17)37(27,33)34/h3-10,12,15H,1-2,11,13-14,16H2,(H,28,31)(H2,27,33,34). The summed E-state index contributed by atoms with van der Waals surface area (Å²) in [6, 6.07) is 15.6. The van der Waals surface area contributed by atoms with Gasteiger partial charge in [-0.2, -0.15) is 0 Å². The number of carbonyl (C=O) groups excluding carboxylic acids is 1. The first-order valence-corrected chi connectivity index (χ1v) is 15.2. The molecule has 8 nitrogen and oxygen atoms in total. The number of fused-ring (bicyclic) bond motifs is 1. The molecule has 0 radical (unpaired) electrons. The van der Waals surface area contributed by atoms with Crippen LogP contribution < -0.4 is 16.0 Å². The van der Waals surface area contributed by atoms with Crippen molar-refractivity contribution in [3.8, 4) is 0 Å². The first-order valence-electron chi connectivity index (χ1n) is 11.4. The van der Waals surface area contributed by atoms with E-state index in [0.717, 1.165) is 11.1 Å². The van der Waals surface area contributed by atoms with Gasteiger partial charge in [-0.25, -0.2) is 18.5 Å². The summed E-state index contributed by atoms with van der Waals surface area (Å²) in [4.78, 5) is 30.2. The molecular weight excluding hydrogens is 552 g/mol. The third kappa shape index (κ3) is 7.42. The molecular formula is C25H25ClN4O4S3. The Morgan fingerprint density at radius 2 is 1.78 bits per heavy atom. The van der Waals surface area contributed by atoms with Crippen molar-refractivity contribution in [2.75, 3.05) is 6.54 Å². The second-order valence-electron chi connectivity index (χ2n) is 8.29. The van der Waals surface area contributed by atoms with Crippen molar-refractivity contribution in [2.24, 2.45) is 5.14 Å². The summed E-state index contributed by atoms with van der Waals surface area (Å²) in [5, 5.41) is 11.1. The predicted octanol–water partition coefficient (Wildman–Crippen LogP) is 4.19. The van der Waals surface area contributed by atoms with Crippen LogP contribution in [0.15, 0.2) is 74.8 Å². The van der Waals surface area contributed by atoms with Crippen LogP contribution in [0.1, 0.15) is 24.0 Å². The van der Waals surface area contributed by atoms with E-state index < -0.39 is 10.0 Å². The molecule has 0 aliphatic rings. The number of nitrogens with one attached hydrogen (secondary N) is 1. The smallest absolute Gasteiger partial charge is 0.272 e. The van der Waals surface area contributed by atoms with Crippen molar-refractivity contribution < 1.29 is 13.2 Å². The number of nitrogens with two attached hydrogens (primary N) is 1. The van der Waals surface area contributed by atoms with E-state index in [0.29, 0.717) is 52.1 Å². The maximum atomic E-state index is 13.1. The molecule has 2 aromatic heterocycles. The van der Waals surface area contributed by atoms with Gasteiger partial charge in [0, 0.05) is 30.3 Å². The number of rotatable bonds is 11. The van der Waals surface area contributed by atoms with Crippen LogP contribution in [0.3, 0.4) is 0 Å². The highest BCUT2D eigenvalue weighted by molar-refractivity contribution is 7.98. The molecule has 37 heavy (non-hydrogen) atoms. The van der Waals surface area contributed by atoms with Gasteiger partial charge >= 0.3 is 0 Å². The lowest BCUT2D eigenvalue weighted by atomic mass is 10.1. The van der Waals surface area contributed by atoms with E-state index in [1.54, 1.807) is 16.7 Å². The number of hydrogen-bond acceptors (Lipinski definition) is 7. The minimum absolute atomic E-state index is 0.0523. The number of hydrogen-bond donors (Lipinski definition) is 2. The van der Waals surface area contributed by atoms with Gasteiger partial charge in [-0.1, -0.05) is 47.6 Å². The fraction of sp³-hybridized carbons (Fsp3) is 0.240. The SMILES string of the molecule is NS(=O)(=O)c1ccc(CCNC(=O)CCCn2c(SCc3ccc(Cl)cc3)nc3ccsc3c2=O)cc1. The van der Waals surface area contributed by atoms with Gasteiger partial charge in [-0.3, -0.25) is 14.2 Å². The Bertz CT molecular complexity index is 1550. The average molecular weight is 577 g/mol. The zero-order valence-electron chi connectivity index (χ0n) is 19.7. The molecule has 4 aromatic rings. The Morgan fingerprint density at radius 3 is 2.49 bits per heavy atom. The molecule has 0 atom stereocenters. The Balaban J connectivity index is 1.32. The lowest BCUT2D eigenvalue weighted by Gasteiger charge is -2.12. The molecule has 0 bridgehead atoms. The number of halogens is 1. The van der Waals surface area contributed by atoms with Crippen LogP contribution in [0, 0.1) is 0 Å². The van der Waals surface area contributed by atoms with Crippen LogP contribution in [0.25, 0.3) is 10.2 Å². The highest BCUT2D eigenvalue weighted by atomic mass is 35.5. The van der Waals surface area contributed by atoms with Crippen molar-refractivity contribution in [2.45, 2.75) is 41.6 Å². The van der Waals surface area contributed by atoms with Crippen LogP contribution >= 0.6 is 34.7 Å². The Morgan fingerprint density at radius 1 is 1.08 bits per heavy atom. The lowest BCUT2D eigenvalue weighted by molar-refractivity contribution is -0.121. The molecule has 2 aromatic carbocycles. The van der Waals surface area contributed by atoms with E-state index in [2.05, 4.69) is 5.32 Å². The molecule has 0 spiro atoms. The zero-order valence-corrected chi connectivity index (χ0v) is 22.9. The third-order valence-electron chi connectivity index (χ3n) is 5.59. The zero-order chi connectivity index (χ0) is 26.4. The topological polar surface area (TPSA) is 124 Å². The van der Waals surface area contributed by atoms with E-state index >= 15 is 0 Å². The van der Waals surface area contributed by atoms with Gasteiger partial charge in [0.05, 0.1) is 10.4 Å². The highest BCUT2D eigenvalue weighted by Crippen LogP contribution is 2.25. The van der Waals surface area contributed by atoms with Crippen molar-refractivity contribution in [1.82, 2.24) is 14.9 Å². The van der Waals surface area contributed by atoms with Crippen molar-refractivity contribution >= 4 is 60.8 Å². The predicted molar refractivity (Wildman–Crippen MR) is 149 cm³/mol. The molecule has 3 N–H and O–H groups in total. The van der Waals surface area contributed by atoms with Gasteiger partial charge in [0.2, 0.25) is 15.9 Å². The number of primary sulfonamides is 1. The molecule has 12 heteroatoms. The fourth-order valence-electron chi connectivity index (χ4n) is 3.64. The van der Waals surface area contributed by atoms with Gasteiger partial charge in [-0.05, 0) is 59.7 Å². The van der Waals surface area contributed by atoms with Gasteiger partial charge < -0.3 is 5.32 Å². The summed E-state index contributed by atoms with van der Waals surface area (Å²) in [5.41, 5.74) is 2.54. The number of thiophene rings is 1. The summed E-state index contributed by atoms with van der Waals surface area (Å²) in [7, 11) is -3.73. The van der Waals surface area contributed by atoms with Crippen LogP contribution in [-0.2, 0) is 33.5 Å². The van der Waals surface area contributed by atoms with Gasteiger partial charge in [0.25, 0.3) is 5.56 Å². The van der Waals surface area contributed by atoms with Crippen LogP contribution in [0.2, 0.25) is 5.02 Å². The number of amides is 1. The normalized spacial score (nSPS) is 11.6. The number of aromatic nitrogens is 2. The maximum absolute atomic E-state index is 13.1. The molecule has 1 amide bonds. The average Bonchev–Trinajstić information content (AvgIpc) is 3.34. The number of carbonyl (C=O) groups is 1. The van der Waals surface area contributed by atoms with Gasteiger partial charge in [-0.15, -0.1) is 11.3 Å². The minimum Gasteiger partial charge on any atom is -0.356 e. The Labute approximate surface area is 227 Å². The monoisotopic (exact) mass is 576 g/mol. The number of thioether (sulfide) groups is 1. The Hall–Kier alpha value is -2.70. The first kappa shape index (κ1) is 27.3. The molecule has 2 heterocycles. The van der Waals surface area contributed by atoms with E-state index in [4.69, 9.17) is 21.7 Å². The summed E-state index contributed by atoms with van der Waals surface area (Å²) in [6.45, 7) is 0.795. The summed E-state index contributed by atoms with van der Waals surface area (Å²) >= 11 is 8.82. The summed E-state index contributed by atoms with van der Waals surface area (Å²) < 4.78 is 25.0. The van der Waals surface area contributed by atoms with E-state index in [1.807, 2.05) is 35.7 Å². The molecule has 0 aliphatic heterocycles. The van der Waals surface area contributed by atoms with E-state index in [1.165, 1.54) is 35.2 Å². The third-order valence-corrected chi connectivity index (χ3v) is 8.71. The molecule has 0 saturated heterocycles. The van der Waals surface area contributed by atoms with Crippen molar-refractivity contribution in [3.63, 3.8) is 0 Å². The molecule has 0 fully saturated rings. The van der Waals surface area contributed by atoms with Crippen LogP contribution in [-0.4, -0.2) is 30.4 Å². The maximum Gasteiger partial charge on any atom is 0.272 e. The number of benzene rings is 2. The minimum atomic E-state index is -3.73. The lowest BCUT2D eigenvalue weighted by Crippen LogP contribution is -2.27. The molecule has 4 rings (SSSR count). The van der Waals surface area contributed by atoms with Gasteiger partial charge in [0.1, 0.15) is 4.70 Å². The quantitative estimate of drug-likeness (QED) is 0.204. The number of sulfonamides is 1. The van der Waals surface area contributed by atoms with E-state index in [-0.39, 0.29) is 22.8 Å². The summed E-state index contributed by atoms with van der Waals surface area (Å²) in [6.07, 6.45) is 1.31. The van der Waals surface area contributed by atoms with Crippen LogP contribution in [0.5, 0.6) is 0 Å². The summed E-state index contributed by atoms with van der Waals surface area (Å²) in [5.74, 6) is 0.521.